The SMILES string of the molecule is CCCc1nn2c(=O)c(NC(=O)c3ccc(Cl)cc3)cnc2s1. The molecule has 0 radical (unpaired) electrons. The van der Waals surface area contributed by atoms with Gasteiger partial charge in [-0.1, -0.05) is 29.9 Å². The van der Waals surface area contributed by atoms with Gasteiger partial charge < -0.3 is 5.32 Å². The molecule has 0 saturated heterocycles. The summed E-state index contributed by atoms with van der Waals surface area (Å²) in [6.45, 7) is 2.04. The molecule has 1 aromatic carbocycles. The van der Waals surface area contributed by atoms with Crippen LogP contribution in [-0.4, -0.2) is 20.5 Å². The number of amides is 1. The highest BCUT2D eigenvalue weighted by Gasteiger charge is 2.13. The molecule has 3 aromatic rings. The first kappa shape index (κ1) is 15.6. The molecule has 2 aromatic heterocycles. The smallest absolute Gasteiger partial charge is 0.298 e. The number of anilines is 1. The van der Waals surface area contributed by atoms with E-state index in [1.165, 1.54) is 22.0 Å². The molecule has 0 saturated carbocycles. The van der Waals surface area contributed by atoms with E-state index in [-0.39, 0.29) is 5.69 Å². The van der Waals surface area contributed by atoms with Crippen molar-refractivity contribution in [2.24, 2.45) is 0 Å². The number of hydrogen-bond acceptors (Lipinski definition) is 5. The average Bonchev–Trinajstić information content (AvgIpc) is 2.95. The lowest BCUT2D eigenvalue weighted by Crippen LogP contribution is -2.23. The van der Waals surface area contributed by atoms with Gasteiger partial charge in [-0.05, 0) is 30.7 Å². The van der Waals surface area contributed by atoms with E-state index in [2.05, 4.69) is 15.4 Å². The molecule has 23 heavy (non-hydrogen) atoms. The quantitative estimate of drug-likeness (QED) is 0.786. The number of aryl methyl sites for hydroxylation is 1. The minimum Gasteiger partial charge on any atom is -0.316 e. The van der Waals surface area contributed by atoms with Gasteiger partial charge in [0.05, 0.1) is 6.20 Å². The number of hydrogen-bond donors (Lipinski definition) is 1. The van der Waals surface area contributed by atoms with Crippen molar-refractivity contribution in [2.75, 3.05) is 5.32 Å². The molecular weight excluding hydrogens is 336 g/mol. The Kier molecular flexibility index (Phi) is 4.40. The van der Waals surface area contributed by atoms with Gasteiger partial charge in [0, 0.05) is 17.0 Å². The first-order valence-corrected chi connectivity index (χ1v) is 8.22. The third-order valence-electron chi connectivity index (χ3n) is 3.15. The third kappa shape index (κ3) is 3.25. The molecule has 0 bridgehead atoms. The molecule has 2 heterocycles. The molecule has 0 unspecified atom stereocenters. The van der Waals surface area contributed by atoms with Gasteiger partial charge >= 0.3 is 0 Å². The molecule has 6 nitrogen and oxygen atoms in total. The second kappa shape index (κ2) is 6.47. The number of nitrogens with zero attached hydrogens (tertiary/aromatic N) is 3. The van der Waals surface area contributed by atoms with Gasteiger partial charge in [0.15, 0.2) is 0 Å². The molecule has 0 fully saturated rings. The van der Waals surface area contributed by atoms with Gasteiger partial charge in [-0.15, -0.1) is 0 Å². The summed E-state index contributed by atoms with van der Waals surface area (Å²) in [7, 11) is 0. The molecule has 8 heteroatoms. The minimum atomic E-state index is -0.399. The average molecular weight is 349 g/mol. The Bertz CT molecular complexity index is 917. The zero-order valence-corrected chi connectivity index (χ0v) is 13.8. The van der Waals surface area contributed by atoms with Gasteiger partial charge in [0.2, 0.25) is 4.96 Å². The molecule has 0 atom stereocenters. The van der Waals surface area contributed by atoms with Crippen LogP contribution in [0.5, 0.6) is 0 Å². The second-order valence-electron chi connectivity index (χ2n) is 4.88. The number of rotatable bonds is 4. The Morgan fingerprint density at radius 3 is 2.78 bits per heavy atom. The topological polar surface area (TPSA) is 76.4 Å². The van der Waals surface area contributed by atoms with E-state index < -0.39 is 11.5 Å². The maximum absolute atomic E-state index is 12.4. The summed E-state index contributed by atoms with van der Waals surface area (Å²) < 4.78 is 1.23. The summed E-state index contributed by atoms with van der Waals surface area (Å²) in [6, 6.07) is 6.40. The second-order valence-corrected chi connectivity index (χ2v) is 6.36. The van der Waals surface area contributed by atoms with Gasteiger partial charge in [0.1, 0.15) is 10.7 Å². The zero-order valence-electron chi connectivity index (χ0n) is 12.2. The summed E-state index contributed by atoms with van der Waals surface area (Å²) in [5.74, 6) is -0.399. The van der Waals surface area contributed by atoms with Gasteiger partial charge in [-0.25, -0.2) is 4.98 Å². The van der Waals surface area contributed by atoms with Crippen LogP contribution < -0.4 is 10.9 Å². The Balaban J connectivity index is 1.90. The van der Waals surface area contributed by atoms with Crippen molar-refractivity contribution in [3.63, 3.8) is 0 Å². The molecule has 0 aliphatic heterocycles. The Morgan fingerprint density at radius 2 is 2.09 bits per heavy atom. The van der Waals surface area contributed by atoms with Gasteiger partial charge in [-0.3, -0.25) is 9.59 Å². The van der Waals surface area contributed by atoms with Crippen molar-refractivity contribution < 1.29 is 4.79 Å². The highest BCUT2D eigenvalue weighted by Crippen LogP contribution is 2.14. The lowest BCUT2D eigenvalue weighted by molar-refractivity contribution is 0.102. The van der Waals surface area contributed by atoms with Crippen LogP contribution in [0.15, 0.2) is 35.3 Å². The molecule has 1 amide bonds. The Hall–Kier alpha value is -2.25. The first-order valence-electron chi connectivity index (χ1n) is 7.03. The predicted molar refractivity (Wildman–Crippen MR) is 90.5 cm³/mol. The fraction of sp³-hybridized carbons (Fsp3) is 0.200. The van der Waals surface area contributed by atoms with E-state index >= 15 is 0 Å². The van der Waals surface area contributed by atoms with Crippen LogP contribution >= 0.6 is 22.9 Å². The monoisotopic (exact) mass is 348 g/mol. The third-order valence-corrected chi connectivity index (χ3v) is 4.38. The molecule has 0 spiro atoms. The van der Waals surface area contributed by atoms with E-state index in [0.717, 1.165) is 17.8 Å². The van der Waals surface area contributed by atoms with Crippen LogP contribution in [-0.2, 0) is 6.42 Å². The number of carbonyl (C=O) groups is 1. The van der Waals surface area contributed by atoms with Crippen molar-refractivity contribution in [2.45, 2.75) is 19.8 Å². The normalized spacial score (nSPS) is 10.9. The van der Waals surface area contributed by atoms with E-state index in [4.69, 9.17) is 11.6 Å². The van der Waals surface area contributed by atoms with Crippen LogP contribution in [0.4, 0.5) is 5.69 Å². The summed E-state index contributed by atoms with van der Waals surface area (Å²) >= 11 is 7.17. The maximum atomic E-state index is 12.4. The fourth-order valence-electron chi connectivity index (χ4n) is 2.02. The van der Waals surface area contributed by atoms with Crippen molar-refractivity contribution >= 4 is 39.5 Å². The number of halogens is 1. The largest absolute Gasteiger partial charge is 0.316 e. The van der Waals surface area contributed by atoms with E-state index in [0.29, 0.717) is 15.5 Å². The van der Waals surface area contributed by atoms with Crippen LogP contribution in [0, 0.1) is 0 Å². The lowest BCUT2D eigenvalue weighted by Gasteiger charge is -2.04. The number of benzene rings is 1. The minimum absolute atomic E-state index is 0.0933. The molecule has 1 N–H and O–H groups in total. The molecule has 3 rings (SSSR count). The fourth-order valence-corrected chi connectivity index (χ4v) is 3.10. The number of fused-ring (bicyclic) bond motifs is 1. The Morgan fingerprint density at radius 1 is 1.35 bits per heavy atom. The lowest BCUT2D eigenvalue weighted by atomic mass is 10.2. The first-order chi connectivity index (χ1) is 11.1. The number of nitrogens with one attached hydrogen (secondary N) is 1. The van der Waals surface area contributed by atoms with Crippen LogP contribution in [0.2, 0.25) is 5.02 Å². The highest BCUT2D eigenvalue weighted by atomic mass is 35.5. The summed E-state index contributed by atoms with van der Waals surface area (Å²) in [5, 5.41) is 8.20. The van der Waals surface area contributed by atoms with Crippen molar-refractivity contribution in [3.8, 4) is 0 Å². The van der Waals surface area contributed by atoms with Crippen molar-refractivity contribution in [3.05, 3.63) is 56.4 Å². The van der Waals surface area contributed by atoms with Crippen molar-refractivity contribution in [1.29, 1.82) is 0 Å². The number of aromatic nitrogens is 3. The van der Waals surface area contributed by atoms with Crippen LogP contribution in [0.3, 0.4) is 0 Å². The predicted octanol–water partition coefficient (Wildman–Crippen LogP) is 3.01. The van der Waals surface area contributed by atoms with Crippen molar-refractivity contribution in [1.82, 2.24) is 14.6 Å². The summed E-state index contributed by atoms with van der Waals surface area (Å²) in [6.07, 6.45) is 3.09. The molecule has 0 aliphatic carbocycles. The van der Waals surface area contributed by atoms with Crippen LogP contribution in [0.25, 0.3) is 4.96 Å². The van der Waals surface area contributed by atoms with Gasteiger partial charge in [-0.2, -0.15) is 9.61 Å². The Labute approximate surface area is 140 Å². The number of carbonyl (C=O) groups excluding carboxylic acids is 1. The molecule has 0 aliphatic rings. The standard InChI is InChI=1S/C15H13ClN4O2S/c1-2-3-12-19-20-14(22)11(8-17-15(20)23-12)18-13(21)9-4-6-10(16)7-5-9/h4-8H,2-3H2,1H3,(H,18,21). The zero-order chi connectivity index (χ0) is 16.4. The summed E-state index contributed by atoms with van der Waals surface area (Å²) in [4.78, 5) is 29.3. The summed E-state index contributed by atoms with van der Waals surface area (Å²) in [5.41, 5.74) is 0.107. The molecule has 118 valence electrons. The maximum Gasteiger partial charge on any atom is 0.298 e. The van der Waals surface area contributed by atoms with Crippen LogP contribution in [0.1, 0.15) is 28.7 Å². The highest BCUT2D eigenvalue weighted by molar-refractivity contribution is 7.16. The molecular formula is C15H13ClN4O2S. The van der Waals surface area contributed by atoms with E-state index in [1.807, 2.05) is 6.92 Å². The van der Waals surface area contributed by atoms with E-state index in [9.17, 15) is 9.59 Å². The van der Waals surface area contributed by atoms with E-state index in [1.54, 1.807) is 24.3 Å². The van der Waals surface area contributed by atoms with Gasteiger partial charge in [0.25, 0.3) is 11.5 Å².